The highest BCUT2D eigenvalue weighted by Gasteiger charge is 2.20. The molecule has 0 radical (unpaired) electrons. The molecule has 8 nitrogen and oxygen atoms in total. The molecule has 2 rings (SSSR count). The molecule has 0 aliphatic rings. The highest BCUT2D eigenvalue weighted by Crippen LogP contribution is 2.34. The quantitative estimate of drug-likeness (QED) is 0.661. The van der Waals surface area contributed by atoms with Crippen LogP contribution >= 0.6 is 11.3 Å². The number of hydrogen-bond acceptors (Lipinski definition) is 7. The van der Waals surface area contributed by atoms with Crippen LogP contribution in [-0.4, -0.2) is 39.6 Å². The summed E-state index contributed by atoms with van der Waals surface area (Å²) < 4.78 is 0. The molecule has 0 aliphatic carbocycles. The molecule has 1 N–H and O–H groups in total. The van der Waals surface area contributed by atoms with E-state index in [0.717, 1.165) is 11.3 Å². The smallest absolute Gasteiger partial charge is 0.326 e. The summed E-state index contributed by atoms with van der Waals surface area (Å²) in [6.07, 6.45) is 1.32. The van der Waals surface area contributed by atoms with Gasteiger partial charge in [0.05, 0.1) is 16.2 Å². The number of fused-ring (bicyclic) bond motifs is 1. The summed E-state index contributed by atoms with van der Waals surface area (Å²) in [6, 6.07) is 1.41. The maximum absolute atomic E-state index is 10.9. The van der Waals surface area contributed by atoms with Gasteiger partial charge in [0.15, 0.2) is 0 Å². The minimum Gasteiger partial charge on any atom is -0.481 e. The maximum atomic E-state index is 10.9. The second-order valence-electron chi connectivity index (χ2n) is 4.38. The van der Waals surface area contributed by atoms with Crippen molar-refractivity contribution in [3.8, 4) is 0 Å². The number of aromatic nitrogens is 2. The third kappa shape index (κ3) is 2.67. The normalized spacial score (nSPS) is 12.3. The maximum Gasteiger partial charge on any atom is 0.326 e. The first-order valence-electron chi connectivity index (χ1n) is 5.73. The Morgan fingerprint density at radius 3 is 2.90 bits per heavy atom. The zero-order chi connectivity index (χ0) is 14.9. The summed E-state index contributed by atoms with van der Waals surface area (Å²) in [7, 11) is 1.70. The first-order chi connectivity index (χ1) is 9.40. The Kier molecular flexibility index (Phi) is 3.79. The number of thiophene rings is 1. The van der Waals surface area contributed by atoms with Crippen LogP contribution in [0.4, 0.5) is 10.8 Å². The van der Waals surface area contributed by atoms with E-state index in [1.807, 2.05) is 0 Å². The Bertz CT molecular complexity index is 671. The zero-order valence-electron chi connectivity index (χ0n) is 10.8. The average Bonchev–Trinajstić information content (AvgIpc) is 2.82. The van der Waals surface area contributed by atoms with Crippen molar-refractivity contribution in [3.63, 3.8) is 0 Å². The van der Waals surface area contributed by atoms with Crippen LogP contribution in [0.1, 0.15) is 6.92 Å². The Morgan fingerprint density at radius 1 is 1.60 bits per heavy atom. The average molecular weight is 296 g/mol. The number of nitrogens with zero attached hydrogens (tertiary/aromatic N) is 4. The van der Waals surface area contributed by atoms with E-state index in [2.05, 4.69) is 9.97 Å². The van der Waals surface area contributed by atoms with Gasteiger partial charge in [-0.05, 0) is 11.3 Å². The lowest BCUT2D eigenvalue weighted by atomic mass is 10.2. The lowest BCUT2D eigenvalue weighted by molar-refractivity contribution is -0.380. The molecular weight excluding hydrogens is 284 g/mol. The predicted molar refractivity (Wildman–Crippen MR) is 74.1 cm³/mol. The molecule has 0 aliphatic heterocycles. The first-order valence-corrected chi connectivity index (χ1v) is 6.54. The molecule has 106 valence electrons. The van der Waals surface area contributed by atoms with Gasteiger partial charge in [-0.25, -0.2) is 9.97 Å². The van der Waals surface area contributed by atoms with Crippen molar-refractivity contribution in [1.29, 1.82) is 0 Å². The highest BCUT2D eigenvalue weighted by atomic mass is 32.1. The van der Waals surface area contributed by atoms with Crippen LogP contribution in [0.25, 0.3) is 10.2 Å². The third-order valence-corrected chi connectivity index (χ3v) is 3.80. The number of carboxylic acids is 1. The van der Waals surface area contributed by atoms with Gasteiger partial charge in [-0.1, -0.05) is 6.92 Å². The highest BCUT2D eigenvalue weighted by molar-refractivity contribution is 7.21. The zero-order valence-corrected chi connectivity index (χ0v) is 11.6. The Hall–Kier alpha value is -2.29. The van der Waals surface area contributed by atoms with Gasteiger partial charge < -0.3 is 10.0 Å². The predicted octanol–water partition coefficient (Wildman–Crippen LogP) is 1.76. The van der Waals surface area contributed by atoms with E-state index in [4.69, 9.17) is 5.11 Å². The van der Waals surface area contributed by atoms with Gasteiger partial charge >= 0.3 is 11.0 Å². The fraction of sp³-hybridized carbons (Fsp3) is 0.364. The molecule has 1 atom stereocenters. The van der Waals surface area contributed by atoms with E-state index < -0.39 is 16.8 Å². The van der Waals surface area contributed by atoms with E-state index in [9.17, 15) is 14.9 Å². The molecule has 20 heavy (non-hydrogen) atoms. The SMILES string of the molecule is CC(CN(C)c1ncnc2sc([N+](=O)[O-])cc12)C(=O)O. The molecule has 2 aromatic rings. The van der Waals surface area contributed by atoms with E-state index in [-0.39, 0.29) is 11.5 Å². The lowest BCUT2D eigenvalue weighted by Crippen LogP contribution is -2.29. The van der Waals surface area contributed by atoms with Gasteiger partial charge in [0, 0.05) is 19.7 Å². The summed E-state index contributed by atoms with van der Waals surface area (Å²) in [6.45, 7) is 1.85. The van der Waals surface area contributed by atoms with Gasteiger partial charge in [0.2, 0.25) is 0 Å². The Balaban J connectivity index is 2.38. The van der Waals surface area contributed by atoms with Crippen LogP contribution in [0.2, 0.25) is 0 Å². The second kappa shape index (κ2) is 5.37. The summed E-state index contributed by atoms with van der Waals surface area (Å²) in [5.74, 6) is -0.982. The van der Waals surface area contributed by atoms with Crippen LogP contribution in [0.15, 0.2) is 12.4 Å². The van der Waals surface area contributed by atoms with Crippen molar-refractivity contribution in [2.75, 3.05) is 18.5 Å². The monoisotopic (exact) mass is 296 g/mol. The molecule has 0 saturated carbocycles. The summed E-state index contributed by atoms with van der Waals surface area (Å²) in [5, 5.41) is 20.3. The molecule has 9 heteroatoms. The molecule has 0 aromatic carbocycles. The van der Waals surface area contributed by atoms with Crippen molar-refractivity contribution >= 4 is 38.3 Å². The van der Waals surface area contributed by atoms with E-state index in [1.165, 1.54) is 12.4 Å². The first kappa shape index (κ1) is 14.1. The van der Waals surface area contributed by atoms with Gasteiger partial charge in [-0.2, -0.15) is 0 Å². The fourth-order valence-electron chi connectivity index (χ4n) is 1.80. The number of aliphatic carboxylic acids is 1. The molecule has 2 heterocycles. The number of nitro groups is 1. The molecule has 0 saturated heterocycles. The van der Waals surface area contributed by atoms with E-state index in [0.29, 0.717) is 16.0 Å². The number of anilines is 1. The van der Waals surface area contributed by atoms with Gasteiger partial charge in [0.25, 0.3) is 0 Å². The van der Waals surface area contributed by atoms with Crippen LogP contribution < -0.4 is 4.90 Å². The number of carbonyl (C=O) groups is 1. The lowest BCUT2D eigenvalue weighted by Gasteiger charge is -2.20. The van der Waals surface area contributed by atoms with Crippen LogP contribution in [0, 0.1) is 16.0 Å². The van der Waals surface area contributed by atoms with Crippen molar-refractivity contribution in [2.45, 2.75) is 6.92 Å². The van der Waals surface area contributed by atoms with Gasteiger partial charge in [-0.3, -0.25) is 14.9 Å². The van der Waals surface area contributed by atoms with Crippen molar-refractivity contribution in [1.82, 2.24) is 9.97 Å². The van der Waals surface area contributed by atoms with Gasteiger partial charge in [-0.15, -0.1) is 0 Å². The van der Waals surface area contributed by atoms with Crippen molar-refractivity contribution in [2.24, 2.45) is 5.92 Å². The van der Waals surface area contributed by atoms with Crippen molar-refractivity contribution < 1.29 is 14.8 Å². The molecule has 0 amide bonds. The molecule has 0 spiro atoms. The van der Waals surface area contributed by atoms with Crippen LogP contribution in [0.3, 0.4) is 0 Å². The standard InChI is InChI=1S/C11H12N4O4S/c1-6(11(16)17)4-14(2)9-7-3-8(15(18)19)20-10(7)13-5-12-9/h3,5-6H,4H2,1-2H3,(H,16,17). The van der Waals surface area contributed by atoms with Crippen LogP contribution in [-0.2, 0) is 4.79 Å². The number of rotatable bonds is 5. The van der Waals surface area contributed by atoms with Crippen LogP contribution in [0.5, 0.6) is 0 Å². The topological polar surface area (TPSA) is 109 Å². The molecular formula is C11H12N4O4S. The number of hydrogen-bond donors (Lipinski definition) is 1. The second-order valence-corrected chi connectivity index (χ2v) is 5.39. The minimum absolute atomic E-state index is 0.0126. The molecule has 0 bridgehead atoms. The van der Waals surface area contributed by atoms with E-state index >= 15 is 0 Å². The summed E-state index contributed by atoms with van der Waals surface area (Å²) in [5.41, 5.74) is 0. The molecule has 1 unspecified atom stereocenters. The third-order valence-electron chi connectivity index (χ3n) is 2.81. The molecule has 2 aromatic heterocycles. The Labute approximate surface area is 117 Å². The largest absolute Gasteiger partial charge is 0.481 e. The van der Waals surface area contributed by atoms with Gasteiger partial charge in [0.1, 0.15) is 17.0 Å². The number of carboxylic acid groups (broad SMARTS) is 1. The summed E-state index contributed by atoms with van der Waals surface area (Å²) in [4.78, 5) is 31.5. The minimum atomic E-state index is -0.904. The van der Waals surface area contributed by atoms with E-state index in [1.54, 1.807) is 18.9 Å². The van der Waals surface area contributed by atoms with Crippen molar-refractivity contribution in [3.05, 3.63) is 22.5 Å². The fourth-order valence-corrected chi connectivity index (χ4v) is 2.61. The Morgan fingerprint density at radius 2 is 2.30 bits per heavy atom. The molecule has 0 fully saturated rings. The summed E-state index contributed by atoms with van der Waals surface area (Å²) >= 11 is 0.969.